The number of hydrogen-bond acceptors (Lipinski definition) is 5. The Labute approximate surface area is 141 Å². The minimum atomic E-state index is 0.697. The number of fused-ring (bicyclic) bond motifs is 1. The van der Waals surface area contributed by atoms with E-state index in [9.17, 15) is 0 Å². The SMILES string of the molecule is Cc1cc(C)c(CN2CCc3cnc(-c4cncnc4)nc3C2)[nH]1. The van der Waals surface area contributed by atoms with Gasteiger partial charge in [-0.05, 0) is 37.5 Å². The van der Waals surface area contributed by atoms with E-state index < -0.39 is 0 Å². The minimum Gasteiger partial charge on any atom is -0.361 e. The number of aryl methyl sites for hydroxylation is 2. The van der Waals surface area contributed by atoms with Crippen molar-refractivity contribution in [1.82, 2.24) is 29.8 Å². The van der Waals surface area contributed by atoms with Crippen LogP contribution in [-0.4, -0.2) is 36.4 Å². The van der Waals surface area contributed by atoms with Gasteiger partial charge in [-0.15, -0.1) is 0 Å². The molecule has 0 aromatic carbocycles. The minimum absolute atomic E-state index is 0.697. The molecule has 0 saturated carbocycles. The van der Waals surface area contributed by atoms with Gasteiger partial charge in [-0.2, -0.15) is 0 Å². The molecule has 1 N–H and O–H groups in total. The molecule has 4 heterocycles. The lowest BCUT2D eigenvalue weighted by molar-refractivity contribution is 0.238. The molecule has 6 nitrogen and oxygen atoms in total. The maximum absolute atomic E-state index is 4.76. The normalized spacial score (nSPS) is 14.6. The lowest BCUT2D eigenvalue weighted by Gasteiger charge is -2.27. The molecule has 0 aliphatic carbocycles. The predicted molar refractivity (Wildman–Crippen MR) is 91.1 cm³/mol. The highest BCUT2D eigenvalue weighted by molar-refractivity contribution is 5.52. The van der Waals surface area contributed by atoms with Crippen molar-refractivity contribution in [2.45, 2.75) is 33.4 Å². The summed E-state index contributed by atoms with van der Waals surface area (Å²) in [6.07, 6.45) is 7.96. The van der Waals surface area contributed by atoms with Gasteiger partial charge < -0.3 is 4.98 Å². The number of nitrogens with zero attached hydrogens (tertiary/aromatic N) is 5. The Morgan fingerprint density at radius 2 is 2.00 bits per heavy atom. The van der Waals surface area contributed by atoms with E-state index in [0.717, 1.165) is 37.3 Å². The Kier molecular flexibility index (Phi) is 3.82. The zero-order valence-electron chi connectivity index (χ0n) is 14.0. The summed E-state index contributed by atoms with van der Waals surface area (Å²) in [5, 5.41) is 0. The fourth-order valence-electron chi connectivity index (χ4n) is 3.22. The summed E-state index contributed by atoms with van der Waals surface area (Å²) in [5.74, 6) is 0.697. The van der Waals surface area contributed by atoms with E-state index in [0.29, 0.717) is 5.82 Å². The molecule has 0 radical (unpaired) electrons. The van der Waals surface area contributed by atoms with Gasteiger partial charge >= 0.3 is 0 Å². The van der Waals surface area contributed by atoms with Gasteiger partial charge in [-0.3, -0.25) is 4.90 Å². The number of H-pyrrole nitrogens is 1. The molecule has 0 bridgehead atoms. The van der Waals surface area contributed by atoms with Crippen LogP contribution in [0.15, 0.2) is 31.0 Å². The second-order valence-electron chi connectivity index (χ2n) is 6.37. The highest BCUT2D eigenvalue weighted by Gasteiger charge is 2.20. The molecule has 24 heavy (non-hydrogen) atoms. The zero-order chi connectivity index (χ0) is 16.5. The standard InChI is InChI=1S/C18H20N6/c1-12-5-13(2)22-16(12)9-24-4-3-14-8-21-18(23-17(14)10-24)15-6-19-11-20-7-15/h5-8,11,22H,3-4,9-10H2,1-2H3. The average Bonchev–Trinajstić information content (AvgIpc) is 2.92. The first kappa shape index (κ1) is 15.0. The largest absolute Gasteiger partial charge is 0.361 e. The fourth-order valence-corrected chi connectivity index (χ4v) is 3.22. The second kappa shape index (κ2) is 6.13. The van der Waals surface area contributed by atoms with E-state index in [1.807, 2.05) is 6.20 Å². The summed E-state index contributed by atoms with van der Waals surface area (Å²) in [5.41, 5.74) is 7.04. The maximum Gasteiger partial charge on any atom is 0.162 e. The van der Waals surface area contributed by atoms with Gasteiger partial charge in [0, 0.05) is 49.6 Å². The van der Waals surface area contributed by atoms with E-state index in [1.165, 1.54) is 28.8 Å². The molecule has 3 aromatic rings. The van der Waals surface area contributed by atoms with Crippen molar-refractivity contribution in [3.63, 3.8) is 0 Å². The van der Waals surface area contributed by atoms with E-state index >= 15 is 0 Å². The molecule has 0 atom stereocenters. The molecule has 6 heteroatoms. The Morgan fingerprint density at radius 1 is 1.17 bits per heavy atom. The van der Waals surface area contributed by atoms with Crippen LogP contribution in [0.5, 0.6) is 0 Å². The molecular weight excluding hydrogens is 300 g/mol. The highest BCUT2D eigenvalue weighted by atomic mass is 15.1. The molecule has 122 valence electrons. The Morgan fingerprint density at radius 3 is 2.75 bits per heavy atom. The first-order chi connectivity index (χ1) is 11.7. The molecule has 4 rings (SSSR count). The molecule has 0 spiro atoms. The first-order valence-electron chi connectivity index (χ1n) is 8.16. The first-order valence-corrected chi connectivity index (χ1v) is 8.16. The topological polar surface area (TPSA) is 70.6 Å². The molecule has 3 aromatic heterocycles. The van der Waals surface area contributed by atoms with Crippen LogP contribution in [0.3, 0.4) is 0 Å². The van der Waals surface area contributed by atoms with Crippen LogP contribution < -0.4 is 0 Å². The number of rotatable bonds is 3. The van der Waals surface area contributed by atoms with Crippen molar-refractivity contribution in [1.29, 1.82) is 0 Å². The second-order valence-corrected chi connectivity index (χ2v) is 6.37. The molecule has 0 fully saturated rings. The third-order valence-electron chi connectivity index (χ3n) is 4.48. The third-order valence-corrected chi connectivity index (χ3v) is 4.48. The Bertz CT molecular complexity index is 855. The quantitative estimate of drug-likeness (QED) is 0.802. The third kappa shape index (κ3) is 2.92. The lowest BCUT2D eigenvalue weighted by atomic mass is 10.1. The van der Waals surface area contributed by atoms with E-state index in [4.69, 9.17) is 4.98 Å². The maximum atomic E-state index is 4.76. The van der Waals surface area contributed by atoms with Gasteiger partial charge in [0.05, 0.1) is 11.3 Å². The van der Waals surface area contributed by atoms with Crippen molar-refractivity contribution in [2.75, 3.05) is 6.54 Å². The van der Waals surface area contributed by atoms with Crippen molar-refractivity contribution in [3.05, 3.63) is 59.2 Å². The van der Waals surface area contributed by atoms with Crippen LogP contribution in [0.4, 0.5) is 0 Å². The Hall–Kier alpha value is -2.60. The summed E-state index contributed by atoms with van der Waals surface area (Å²) in [4.78, 5) is 23.2. The van der Waals surface area contributed by atoms with Crippen LogP contribution in [0, 0.1) is 13.8 Å². The molecule has 1 aliphatic rings. The average molecular weight is 320 g/mol. The van der Waals surface area contributed by atoms with E-state index in [2.05, 4.69) is 44.7 Å². The number of aromatic nitrogens is 5. The van der Waals surface area contributed by atoms with Crippen LogP contribution >= 0.6 is 0 Å². The summed E-state index contributed by atoms with van der Waals surface area (Å²) in [7, 11) is 0. The molecule has 1 aliphatic heterocycles. The molecule has 0 saturated heterocycles. The van der Waals surface area contributed by atoms with Crippen LogP contribution in [0.2, 0.25) is 0 Å². The van der Waals surface area contributed by atoms with E-state index in [1.54, 1.807) is 12.4 Å². The monoisotopic (exact) mass is 320 g/mol. The van der Waals surface area contributed by atoms with Crippen molar-refractivity contribution in [3.8, 4) is 11.4 Å². The summed E-state index contributed by atoms with van der Waals surface area (Å²) >= 11 is 0. The van der Waals surface area contributed by atoms with Crippen LogP contribution in [0.25, 0.3) is 11.4 Å². The smallest absolute Gasteiger partial charge is 0.162 e. The van der Waals surface area contributed by atoms with Gasteiger partial charge in [0.2, 0.25) is 0 Å². The summed E-state index contributed by atoms with van der Waals surface area (Å²) in [6, 6.07) is 2.20. The Balaban J connectivity index is 1.56. The number of nitrogens with one attached hydrogen (secondary N) is 1. The molecular formula is C18H20N6. The summed E-state index contributed by atoms with van der Waals surface area (Å²) < 4.78 is 0. The van der Waals surface area contributed by atoms with Gasteiger partial charge in [0.15, 0.2) is 5.82 Å². The summed E-state index contributed by atoms with van der Waals surface area (Å²) in [6.45, 7) is 7.06. The van der Waals surface area contributed by atoms with Gasteiger partial charge in [-0.1, -0.05) is 0 Å². The van der Waals surface area contributed by atoms with Crippen LogP contribution in [-0.2, 0) is 19.5 Å². The van der Waals surface area contributed by atoms with Crippen molar-refractivity contribution < 1.29 is 0 Å². The predicted octanol–water partition coefficient (Wildman–Crippen LogP) is 2.44. The van der Waals surface area contributed by atoms with E-state index in [-0.39, 0.29) is 0 Å². The van der Waals surface area contributed by atoms with Crippen molar-refractivity contribution in [2.24, 2.45) is 0 Å². The van der Waals surface area contributed by atoms with Gasteiger partial charge in [0.1, 0.15) is 6.33 Å². The van der Waals surface area contributed by atoms with Crippen LogP contribution in [0.1, 0.15) is 28.2 Å². The highest BCUT2D eigenvalue weighted by Crippen LogP contribution is 2.22. The lowest BCUT2D eigenvalue weighted by Crippen LogP contribution is -2.31. The van der Waals surface area contributed by atoms with Gasteiger partial charge in [0.25, 0.3) is 0 Å². The fraction of sp³-hybridized carbons (Fsp3) is 0.333. The number of hydrogen-bond donors (Lipinski definition) is 1. The zero-order valence-corrected chi connectivity index (χ0v) is 14.0. The molecule has 0 amide bonds. The molecule has 0 unspecified atom stereocenters. The number of aromatic amines is 1. The van der Waals surface area contributed by atoms with Crippen molar-refractivity contribution >= 4 is 0 Å². The van der Waals surface area contributed by atoms with Gasteiger partial charge in [-0.25, -0.2) is 19.9 Å².